The highest BCUT2D eigenvalue weighted by molar-refractivity contribution is 7.92. The minimum absolute atomic E-state index is 0.511. The van der Waals surface area contributed by atoms with Gasteiger partial charge in [-0.2, -0.15) is 0 Å². The van der Waals surface area contributed by atoms with E-state index in [1.807, 2.05) is 0 Å². The maximum absolute atomic E-state index is 11.8. The number of piperidine rings is 1. The molecule has 2 aliphatic rings. The molecule has 1 fully saturated rings. The minimum atomic E-state index is -3.35. The Morgan fingerprint density at radius 3 is 3.00 bits per heavy atom. The predicted molar refractivity (Wildman–Crippen MR) is 63.2 cm³/mol. The van der Waals surface area contributed by atoms with Crippen LogP contribution in [0.25, 0.3) is 0 Å². The van der Waals surface area contributed by atoms with Crippen LogP contribution in [0.5, 0.6) is 0 Å². The van der Waals surface area contributed by atoms with Gasteiger partial charge in [0.15, 0.2) is 0 Å². The third-order valence-corrected chi connectivity index (χ3v) is 3.93. The van der Waals surface area contributed by atoms with E-state index in [4.69, 9.17) is 0 Å². The fourth-order valence-electron chi connectivity index (χ4n) is 1.70. The quantitative estimate of drug-likeness (QED) is 0.738. The molecular weight excluding hydrogens is 226 g/mol. The Morgan fingerprint density at radius 2 is 2.38 bits per heavy atom. The van der Waals surface area contributed by atoms with Crippen LogP contribution >= 0.6 is 0 Å². The van der Waals surface area contributed by atoms with Crippen LogP contribution in [0.1, 0.15) is 19.8 Å². The lowest BCUT2D eigenvalue weighted by Crippen LogP contribution is -2.29. The van der Waals surface area contributed by atoms with Gasteiger partial charge in [0, 0.05) is 12.7 Å². The van der Waals surface area contributed by atoms with Crippen molar-refractivity contribution in [1.82, 2.24) is 9.62 Å². The average Bonchev–Trinajstić information content (AvgIpc) is 2.23. The summed E-state index contributed by atoms with van der Waals surface area (Å²) in [6.07, 6.45) is 5.00. The third-order valence-electron chi connectivity index (χ3n) is 2.50. The zero-order chi connectivity index (χ0) is 11.6. The van der Waals surface area contributed by atoms with Crippen LogP contribution in [0.2, 0.25) is 0 Å². The smallest absolute Gasteiger partial charge is 0.263 e. The van der Waals surface area contributed by atoms with Gasteiger partial charge in [-0.3, -0.25) is 0 Å². The molecular formula is C10H15N3O2S. The molecule has 0 aromatic rings. The van der Waals surface area contributed by atoms with Crippen LogP contribution in [0, 0.1) is 0 Å². The summed E-state index contributed by atoms with van der Waals surface area (Å²) in [5.74, 6) is 0. The molecule has 1 N–H and O–H groups in total. The van der Waals surface area contributed by atoms with Crippen LogP contribution in [-0.4, -0.2) is 32.2 Å². The molecule has 0 aromatic carbocycles. The molecule has 5 nitrogen and oxygen atoms in total. The molecule has 0 spiro atoms. The van der Waals surface area contributed by atoms with Gasteiger partial charge in [-0.1, -0.05) is 0 Å². The highest BCUT2D eigenvalue weighted by atomic mass is 32.2. The van der Waals surface area contributed by atoms with Gasteiger partial charge in [0.2, 0.25) is 0 Å². The number of sulfonamides is 1. The zero-order valence-corrected chi connectivity index (χ0v) is 10.00. The van der Waals surface area contributed by atoms with Gasteiger partial charge in [-0.15, -0.1) is 0 Å². The summed E-state index contributed by atoms with van der Waals surface area (Å²) in [7, 11) is -3.35. The van der Waals surface area contributed by atoms with Crippen molar-refractivity contribution < 1.29 is 8.42 Å². The molecule has 6 heteroatoms. The van der Waals surface area contributed by atoms with E-state index in [9.17, 15) is 8.42 Å². The summed E-state index contributed by atoms with van der Waals surface area (Å²) in [6.45, 7) is 3.42. The van der Waals surface area contributed by atoms with Crippen LogP contribution in [0.4, 0.5) is 0 Å². The minimum Gasteiger partial charge on any atom is -0.313 e. The molecule has 2 rings (SSSR count). The molecule has 2 heterocycles. The molecule has 0 amide bonds. The number of nitrogens with one attached hydrogen (secondary N) is 1. The number of allylic oxidation sites excluding steroid dienone is 1. The van der Waals surface area contributed by atoms with Crippen molar-refractivity contribution in [3.63, 3.8) is 0 Å². The molecule has 0 radical (unpaired) electrons. The predicted octanol–water partition coefficient (Wildman–Crippen LogP) is 0.789. The van der Waals surface area contributed by atoms with E-state index in [1.54, 1.807) is 13.1 Å². The number of nitrogens with zero attached hydrogens (tertiary/aromatic N) is 2. The SMILES string of the molecule is CC1=CS(=O)(=O)N(/C=C2\CCCNC2)C=N1. The van der Waals surface area contributed by atoms with Crippen molar-refractivity contribution in [2.24, 2.45) is 4.99 Å². The highest BCUT2D eigenvalue weighted by Crippen LogP contribution is 2.16. The van der Waals surface area contributed by atoms with E-state index in [1.165, 1.54) is 16.1 Å². The van der Waals surface area contributed by atoms with Crippen molar-refractivity contribution in [2.45, 2.75) is 19.8 Å². The van der Waals surface area contributed by atoms with Gasteiger partial charge in [0.1, 0.15) is 6.34 Å². The first-order valence-electron chi connectivity index (χ1n) is 5.24. The van der Waals surface area contributed by atoms with Gasteiger partial charge in [0.05, 0.1) is 11.1 Å². The summed E-state index contributed by atoms with van der Waals surface area (Å²) in [5.41, 5.74) is 1.60. The van der Waals surface area contributed by atoms with E-state index in [0.29, 0.717) is 5.70 Å². The lowest BCUT2D eigenvalue weighted by Gasteiger charge is -2.21. The van der Waals surface area contributed by atoms with Crippen molar-refractivity contribution in [3.05, 3.63) is 22.9 Å². The van der Waals surface area contributed by atoms with Gasteiger partial charge < -0.3 is 5.32 Å². The van der Waals surface area contributed by atoms with Crippen molar-refractivity contribution >= 4 is 16.4 Å². The molecule has 0 unspecified atom stereocenters. The molecule has 1 saturated heterocycles. The molecule has 0 atom stereocenters. The highest BCUT2D eigenvalue weighted by Gasteiger charge is 2.19. The largest absolute Gasteiger partial charge is 0.313 e. The summed E-state index contributed by atoms with van der Waals surface area (Å²) in [4.78, 5) is 3.99. The second kappa shape index (κ2) is 4.39. The summed E-state index contributed by atoms with van der Waals surface area (Å²) < 4.78 is 24.7. The second-order valence-electron chi connectivity index (χ2n) is 3.95. The van der Waals surface area contributed by atoms with E-state index >= 15 is 0 Å². The Balaban J connectivity index is 2.20. The standard InChI is InChI=1S/C10H15N3O2S/c1-9-7-16(14,15)13(8-12-9)6-10-3-2-4-11-5-10/h6-8,11H,2-5H2,1H3/b10-6+. The second-order valence-corrected chi connectivity index (χ2v) is 5.63. The van der Waals surface area contributed by atoms with E-state index in [-0.39, 0.29) is 0 Å². The third kappa shape index (κ3) is 2.51. The average molecular weight is 241 g/mol. The monoisotopic (exact) mass is 241 g/mol. The van der Waals surface area contributed by atoms with E-state index in [2.05, 4.69) is 10.3 Å². The number of hydrogen-bond acceptors (Lipinski definition) is 4. The first-order valence-corrected chi connectivity index (χ1v) is 6.74. The Labute approximate surface area is 95.6 Å². The molecule has 16 heavy (non-hydrogen) atoms. The van der Waals surface area contributed by atoms with Crippen molar-refractivity contribution in [2.75, 3.05) is 13.1 Å². The topological polar surface area (TPSA) is 61.8 Å². The molecule has 2 aliphatic heterocycles. The normalized spacial score (nSPS) is 26.9. The fourth-order valence-corrected chi connectivity index (χ4v) is 2.78. The van der Waals surface area contributed by atoms with Gasteiger partial charge in [0.25, 0.3) is 10.0 Å². The van der Waals surface area contributed by atoms with E-state index < -0.39 is 10.0 Å². The molecule has 0 aliphatic carbocycles. The molecule has 88 valence electrons. The Morgan fingerprint density at radius 1 is 1.56 bits per heavy atom. The summed E-state index contributed by atoms with van der Waals surface area (Å²) >= 11 is 0. The Kier molecular flexibility index (Phi) is 3.11. The molecule has 0 bridgehead atoms. The van der Waals surface area contributed by atoms with Gasteiger partial charge >= 0.3 is 0 Å². The number of rotatable bonds is 1. The summed E-state index contributed by atoms with van der Waals surface area (Å²) in [6, 6.07) is 0. The Bertz CT molecular complexity index is 454. The zero-order valence-electron chi connectivity index (χ0n) is 9.18. The van der Waals surface area contributed by atoms with Gasteiger partial charge in [-0.25, -0.2) is 17.7 Å². The molecule has 0 aromatic heterocycles. The first-order chi connectivity index (χ1) is 7.58. The number of hydrogen-bond donors (Lipinski definition) is 1. The van der Waals surface area contributed by atoms with Crippen molar-refractivity contribution in [1.29, 1.82) is 0 Å². The van der Waals surface area contributed by atoms with Crippen LogP contribution < -0.4 is 5.32 Å². The number of aliphatic imine (C=N–C) groups is 1. The lowest BCUT2D eigenvalue weighted by molar-refractivity contribution is 0.565. The van der Waals surface area contributed by atoms with Crippen LogP contribution in [0.3, 0.4) is 0 Å². The fraction of sp³-hybridized carbons (Fsp3) is 0.500. The lowest BCUT2D eigenvalue weighted by atomic mass is 10.1. The van der Waals surface area contributed by atoms with Crippen LogP contribution in [0.15, 0.2) is 27.9 Å². The maximum Gasteiger partial charge on any atom is 0.263 e. The summed E-state index contributed by atoms with van der Waals surface area (Å²) in [5, 5.41) is 4.39. The Hall–Kier alpha value is -1.14. The van der Waals surface area contributed by atoms with Gasteiger partial charge in [-0.05, 0) is 31.9 Å². The van der Waals surface area contributed by atoms with Crippen LogP contribution in [-0.2, 0) is 10.0 Å². The van der Waals surface area contributed by atoms with Crippen molar-refractivity contribution in [3.8, 4) is 0 Å². The maximum atomic E-state index is 11.8. The van der Waals surface area contributed by atoms with E-state index in [0.717, 1.165) is 31.5 Å². The first kappa shape index (κ1) is 11.3. The molecule has 0 saturated carbocycles.